The second-order valence-corrected chi connectivity index (χ2v) is 4.15. The molecule has 15 heavy (non-hydrogen) atoms. The molecule has 2 rings (SSSR count). The van der Waals surface area contributed by atoms with Crippen LogP contribution in [0.3, 0.4) is 0 Å². The molecule has 0 saturated heterocycles. The lowest BCUT2D eigenvalue weighted by Crippen LogP contribution is -2.16. The Morgan fingerprint density at radius 1 is 1.60 bits per heavy atom. The molecule has 0 amide bonds. The van der Waals surface area contributed by atoms with Crippen LogP contribution in [0.25, 0.3) is 0 Å². The van der Waals surface area contributed by atoms with E-state index in [1.165, 1.54) is 0 Å². The highest BCUT2D eigenvalue weighted by Gasteiger charge is 2.32. The van der Waals surface area contributed by atoms with Gasteiger partial charge in [0.25, 0.3) is 0 Å². The molecular weight excluding hydrogens is 192 g/mol. The summed E-state index contributed by atoms with van der Waals surface area (Å²) in [7, 11) is 0. The Morgan fingerprint density at radius 2 is 2.27 bits per heavy atom. The van der Waals surface area contributed by atoms with Gasteiger partial charge in [0.15, 0.2) is 0 Å². The molecule has 1 aliphatic rings. The zero-order valence-electron chi connectivity index (χ0n) is 8.77. The molecule has 0 aromatic carbocycles. The van der Waals surface area contributed by atoms with Gasteiger partial charge in [-0.1, -0.05) is 0 Å². The van der Waals surface area contributed by atoms with Crippen LogP contribution in [-0.4, -0.2) is 15.2 Å². The number of aliphatic hydroxyl groups excluding tert-OH is 1. The number of aromatic nitrogens is 1. The van der Waals surface area contributed by atoms with Crippen LogP contribution in [0.15, 0.2) is 6.20 Å². The molecule has 1 fully saturated rings. The van der Waals surface area contributed by atoms with Crippen molar-refractivity contribution in [1.82, 2.24) is 4.98 Å². The highest BCUT2D eigenvalue weighted by Crippen LogP contribution is 2.43. The topological polar surface area (TPSA) is 79.4 Å². The number of hydrogen-bond donors (Lipinski definition) is 3. The fourth-order valence-electron chi connectivity index (χ4n) is 1.84. The van der Waals surface area contributed by atoms with E-state index in [2.05, 4.69) is 4.98 Å². The standard InChI is InChI=1S/C11H16N2O2/c1-6-11(15)9(8(5-14)4-13-6)10(12)7-2-3-7/h4,7,10,14-15H,2-3,5,12H2,1H3/t10-/m1/s1. The molecule has 0 unspecified atom stereocenters. The Bertz CT molecular complexity index is 375. The molecule has 1 aromatic heterocycles. The van der Waals surface area contributed by atoms with Gasteiger partial charge in [0, 0.05) is 23.4 Å². The summed E-state index contributed by atoms with van der Waals surface area (Å²) in [6, 6.07) is -0.172. The van der Waals surface area contributed by atoms with Crippen molar-refractivity contribution >= 4 is 0 Å². The van der Waals surface area contributed by atoms with E-state index >= 15 is 0 Å². The van der Waals surface area contributed by atoms with Gasteiger partial charge < -0.3 is 15.9 Å². The van der Waals surface area contributed by atoms with Gasteiger partial charge in [-0.05, 0) is 25.7 Å². The van der Waals surface area contributed by atoms with Crippen molar-refractivity contribution in [2.45, 2.75) is 32.4 Å². The minimum atomic E-state index is -0.172. The Balaban J connectivity index is 2.45. The maximum atomic E-state index is 9.90. The highest BCUT2D eigenvalue weighted by atomic mass is 16.3. The summed E-state index contributed by atoms with van der Waals surface area (Å²) in [6.07, 6.45) is 3.80. The van der Waals surface area contributed by atoms with Gasteiger partial charge in [0.05, 0.1) is 12.3 Å². The number of rotatable bonds is 3. The molecule has 4 nitrogen and oxygen atoms in total. The average molecular weight is 208 g/mol. The molecule has 1 heterocycles. The first kappa shape index (κ1) is 10.4. The summed E-state index contributed by atoms with van der Waals surface area (Å²) < 4.78 is 0. The van der Waals surface area contributed by atoms with Crippen molar-refractivity contribution in [3.05, 3.63) is 23.0 Å². The Kier molecular flexibility index (Phi) is 2.63. The Labute approximate surface area is 88.8 Å². The number of aliphatic hydroxyl groups is 1. The summed E-state index contributed by atoms with van der Waals surface area (Å²) in [5, 5.41) is 19.1. The SMILES string of the molecule is Cc1ncc(CO)c([C@H](N)C2CC2)c1O. The van der Waals surface area contributed by atoms with Gasteiger partial charge in [-0.15, -0.1) is 0 Å². The number of hydrogen-bond acceptors (Lipinski definition) is 4. The van der Waals surface area contributed by atoms with Crippen molar-refractivity contribution in [3.63, 3.8) is 0 Å². The van der Waals surface area contributed by atoms with Crippen LogP contribution < -0.4 is 5.73 Å². The molecular formula is C11H16N2O2. The predicted molar refractivity (Wildman–Crippen MR) is 56.2 cm³/mol. The van der Waals surface area contributed by atoms with E-state index in [9.17, 15) is 10.2 Å². The number of aromatic hydroxyl groups is 1. The van der Waals surface area contributed by atoms with E-state index in [-0.39, 0.29) is 18.4 Å². The lowest BCUT2D eigenvalue weighted by atomic mass is 9.97. The third-order valence-electron chi connectivity index (χ3n) is 2.99. The highest BCUT2D eigenvalue weighted by molar-refractivity contribution is 5.43. The van der Waals surface area contributed by atoms with Crippen LogP contribution in [-0.2, 0) is 6.61 Å². The van der Waals surface area contributed by atoms with Crippen molar-refractivity contribution < 1.29 is 10.2 Å². The summed E-state index contributed by atoms with van der Waals surface area (Å²) in [4.78, 5) is 4.01. The maximum Gasteiger partial charge on any atom is 0.141 e. The van der Waals surface area contributed by atoms with Crippen molar-refractivity contribution in [1.29, 1.82) is 0 Å². The molecule has 1 saturated carbocycles. The number of pyridine rings is 1. The zero-order valence-corrected chi connectivity index (χ0v) is 8.77. The summed E-state index contributed by atoms with van der Waals surface area (Å²) >= 11 is 0. The number of nitrogens with zero attached hydrogens (tertiary/aromatic N) is 1. The molecule has 0 bridgehead atoms. The van der Waals surface area contributed by atoms with E-state index in [0.29, 0.717) is 22.7 Å². The van der Waals surface area contributed by atoms with Crippen LogP contribution in [0.1, 0.15) is 35.7 Å². The molecule has 0 spiro atoms. The molecule has 1 aliphatic carbocycles. The van der Waals surface area contributed by atoms with Crippen LogP contribution in [0.5, 0.6) is 5.75 Å². The first-order valence-electron chi connectivity index (χ1n) is 5.19. The van der Waals surface area contributed by atoms with Crippen molar-refractivity contribution in [3.8, 4) is 5.75 Å². The first-order valence-corrected chi connectivity index (χ1v) is 5.19. The van der Waals surface area contributed by atoms with Crippen LogP contribution in [0.2, 0.25) is 0 Å². The minimum Gasteiger partial charge on any atom is -0.506 e. The molecule has 1 atom stereocenters. The average Bonchev–Trinajstić information content (AvgIpc) is 3.04. The van der Waals surface area contributed by atoms with Crippen LogP contribution in [0, 0.1) is 12.8 Å². The third kappa shape index (κ3) is 1.82. The van der Waals surface area contributed by atoms with E-state index in [0.717, 1.165) is 12.8 Å². The smallest absolute Gasteiger partial charge is 0.141 e. The predicted octanol–water partition coefficient (Wildman–Crippen LogP) is 0.998. The second kappa shape index (κ2) is 3.79. The first-order chi connectivity index (χ1) is 7.15. The molecule has 0 aliphatic heterocycles. The second-order valence-electron chi connectivity index (χ2n) is 4.15. The van der Waals surface area contributed by atoms with Gasteiger partial charge in [-0.3, -0.25) is 4.98 Å². The fraction of sp³-hybridized carbons (Fsp3) is 0.545. The molecule has 0 radical (unpaired) electrons. The van der Waals surface area contributed by atoms with Crippen molar-refractivity contribution in [2.24, 2.45) is 11.7 Å². The van der Waals surface area contributed by atoms with E-state index in [4.69, 9.17) is 5.73 Å². The third-order valence-corrected chi connectivity index (χ3v) is 2.99. The monoisotopic (exact) mass is 208 g/mol. The van der Waals surface area contributed by atoms with E-state index in [1.54, 1.807) is 13.1 Å². The van der Waals surface area contributed by atoms with Gasteiger partial charge >= 0.3 is 0 Å². The van der Waals surface area contributed by atoms with Crippen LogP contribution in [0.4, 0.5) is 0 Å². The van der Waals surface area contributed by atoms with Crippen LogP contribution >= 0.6 is 0 Å². The maximum absolute atomic E-state index is 9.90. The van der Waals surface area contributed by atoms with Gasteiger partial charge in [-0.25, -0.2) is 0 Å². The summed E-state index contributed by atoms with van der Waals surface area (Å²) in [6.45, 7) is 1.61. The summed E-state index contributed by atoms with van der Waals surface area (Å²) in [5.74, 6) is 0.587. The Hall–Kier alpha value is -1.13. The number of nitrogens with two attached hydrogens (primary N) is 1. The van der Waals surface area contributed by atoms with E-state index in [1.807, 2.05) is 0 Å². The minimum absolute atomic E-state index is 0.128. The quantitative estimate of drug-likeness (QED) is 0.692. The molecule has 82 valence electrons. The lowest BCUT2D eigenvalue weighted by Gasteiger charge is -2.17. The molecule has 4 N–H and O–H groups in total. The lowest BCUT2D eigenvalue weighted by molar-refractivity contribution is 0.277. The normalized spacial score (nSPS) is 17.8. The fourth-order valence-corrected chi connectivity index (χ4v) is 1.84. The number of aryl methyl sites for hydroxylation is 1. The molecule has 4 heteroatoms. The van der Waals surface area contributed by atoms with Gasteiger partial charge in [0.1, 0.15) is 5.75 Å². The van der Waals surface area contributed by atoms with E-state index < -0.39 is 0 Å². The Morgan fingerprint density at radius 3 is 2.80 bits per heavy atom. The van der Waals surface area contributed by atoms with Gasteiger partial charge in [-0.2, -0.15) is 0 Å². The van der Waals surface area contributed by atoms with Crippen molar-refractivity contribution in [2.75, 3.05) is 0 Å². The zero-order chi connectivity index (χ0) is 11.0. The molecule has 1 aromatic rings. The largest absolute Gasteiger partial charge is 0.506 e. The summed E-state index contributed by atoms with van der Waals surface area (Å²) in [5.41, 5.74) is 7.93. The van der Waals surface area contributed by atoms with Gasteiger partial charge in [0.2, 0.25) is 0 Å².